The average molecular weight is 248 g/mol. The van der Waals surface area contributed by atoms with E-state index in [-0.39, 0.29) is 6.42 Å². The summed E-state index contributed by atoms with van der Waals surface area (Å²) in [6.45, 7) is 3.20. The molecule has 0 aromatic carbocycles. The van der Waals surface area contributed by atoms with E-state index < -0.39 is 5.97 Å². The molecule has 0 bridgehead atoms. The van der Waals surface area contributed by atoms with Crippen LogP contribution in [0.2, 0.25) is 0 Å². The van der Waals surface area contributed by atoms with E-state index in [9.17, 15) is 4.79 Å². The van der Waals surface area contributed by atoms with Crippen LogP contribution in [0, 0.1) is 0 Å². The fourth-order valence-corrected chi connectivity index (χ4v) is 1.77. The van der Waals surface area contributed by atoms with Gasteiger partial charge >= 0.3 is 5.97 Å². The summed E-state index contributed by atoms with van der Waals surface area (Å²) in [4.78, 5) is 16.9. The summed E-state index contributed by atoms with van der Waals surface area (Å²) >= 11 is 0. The van der Waals surface area contributed by atoms with Gasteiger partial charge in [0.1, 0.15) is 5.82 Å². The maximum atomic E-state index is 10.4. The Morgan fingerprint density at radius 1 is 1.44 bits per heavy atom. The largest absolute Gasteiger partial charge is 0.481 e. The van der Waals surface area contributed by atoms with Crippen molar-refractivity contribution in [2.45, 2.75) is 6.42 Å². The molecule has 0 unspecified atom stereocenters. The van der Waals surface area contributed by atoms with Crippen LogP contribution in [0.15, 0.2) is 24.4 Å². The van der Waals surface area contributed by atoms with Crippen LogP contribution in [0.1, 0.15) is 12.0 Å². The van der Waals surface area contributed by atoms with Crippen molar-refractivity contribution >= 4 is 17.9 Å². The lowest BCUT2D eigenvalue weighted by Gasteiger charge is -2.27. The first-order chi connectivity index (χ1) is 8.75. The first kappa shape index (κ1) is 12.6. The number of morpholine rings is 1. The van der Waals surface area contributed by atoms with E-state index in [1.807, 2.05) is 12.1 Å². The van der Waals surface area contributed by atoms with Gasteiger partial charge in [0.05, 0.1) is 19.6 Å². The molecule has 0 aliphatic carbocycles. The summed E-state index contributed by atoms with van der Waals surface area (Å²) in [7, 11) is 0. The molecule has 1 aliphatic heterocycles. The van der Waals surface area contributed by atoms with E-state index >= 15 is 0 Å². The van der Waals surface area contributed by atoms with Crippen molar-refractivity contribution in [3.63, 3.8) is 0 Å². The van der Waals surface area contributed by atoms with Crippen molar-refractivity contribution in [3.05, 3.63) is 30.0 Å². The van der Waals surface area contributed by atoms with Gasteiger partial charge < -0.3 is 14.7 Å². The van der Waals surface area contributed by atoms with Gasteiger partial charge in [-0.15, -0.1) is 0 Å². The van der Waals surface area contributed by atoms with E-state index in [1.165, 1.54) is 0 Å². The first-order valence-electron chi connectivity index (χ1n) is 5.93. The number of pyridine rings is 1. The Bertz CT molecular complexity index is 422. The zero-order valence-electron chi connectivity index (χ0n) is 10.1. The van der Waals surface area contributed by atoms with E-state index in [4.69, 9.17) is 9.84 Å². The molecule has 96 valence electrons. The highest BCUT2D eigenvalue weighted by molar-refractivity contribution is 5.70. The molecule has 0 saturated carbocycles. The second kappa shape index (κ2) is 6.16. The fourth-order valence-electron chi connectivity index (χ4n) is 1.77. The maximum absolute atomic E-state index is 10.4. The molecule has 1 aromatic heterocycles. The summed E-state index contributed by atoms with van der Waals surface area (Å²) in [5.74, 6) is 0.109. The van der Waals surface area contributed by atoms with E-state index in [1.54, 1.807) is 18.3 Å². The fraction of sp³-hybridized carbons (Fsp3) is 0.385. The molecule has 1 saturated heterocycles. The lowest BCUT2D eigenvalue weighted by atomic mass is 10.2. The Morgan fingerprint density at radius 2 is 2.22 bits per heavy atom. The predicted octanol–water partition coefficient (Wildman–Crippen LogP) is 1.41. The molecule has 0 spiro atoms. The van der Waals surface area contributed by atoms with Crippen LogP contribution in [-0.2, 0) is 9.53 Å². The summed E-state index contributed by atoms with van der Waals surface area (Å²) < 4.78 is 5.28. The maximum Gasteiger partial charge on any atom is 0.307 e. The number of ether oxygens (including phenoxy) is 1. The third kappa shape index (κ3) is 3.56. The summed E-state index contributed by atoms with van der Waals surface area (Å²) in [5.41, 5.74) is 0.910. The third-order valence-electron chi connectivity index (χ3n) is 2.71. The number of hydrogen-bond acceptors (Lipinski definition) is 4. The van der Waals surface area contributed by atoms with Crippen LogP contribution in [0.3, 0.4) is 0 Å². The van der Waals surface area contributed by atoms with Crippen molar-refractivity contribution in [1.29, 1.82) is 0 Å². The van der Waals surface area contributed by atoms with Crippen LogP contribution in [-0.4, -0.2) is 42.4 Å². The van der Waals surface area contributed by atoms with Crippen molar-refractivity contribution in [2.24, 2.45) is 0 Å². The highest BCUT2D eigenvalue weighted by atomic mass is 16.5. The molecule has 1 N–H and O–H groups in total. The van der Waals surface area contributed by atoms with Crippen LogP contribution < -0.4 is 4.90 Å². The SMILES string of the molecule is O=C(O)C/C=C/c1ccc(N2CCOCC2)nc1. The van der Waals surface area contributed by atoms with E-state index in [0.717, 1.165) is 37.7 Å². The summed E-state index contributed by atoms with van der Waals surface area (Å²) in [6.07, 6.45) is 5.17. The van der Waals surface area contributed by atoms with Crippen LogP contribution in [0.5, 0.6) is 0 Å². The van der Waals surface area contributed by atoms with Crippen molar-refractivity contribution in [1.82, 2.24) is 4.98 Å². The molecule has 1 fully saturated rings. The van der Waals surface area contributed by atoms with Gasteiger partial charge in [0.15, 0.2) is 0 Å². The second-order valence-electron chi connectivity index (χ2n) is 4.05. The number of carboxylic acid groups (broad SMARTS) is 1. The van der Waals surface area contributed by atoms with Gasteiger partial charge in [-0.25, -0.2) is 4.98 Å². The summed E-state index contributed by atoms with van der Waals surface area (Å²) in [5, 5.41) is 8.52. The van der Waals surface area contributed by atoms with Gasteiger partial charge in [0, 0.05) is 19.3 Å². The minimum Gasteiger partial charge on any atom is -0.481 e. The highest BCUT2D eigenvalue weighted by Crippen LogP contribution is 2.13. The van der Waals surface area contributed by atoms with Crippen LogP contribution in [0.25, 0.3) is 6.08 Å². The van der Waals surface area contributed by atoms with Gasteiger partial charge in [-0.05, 0) is 17.7 Å². The van der Waals surface area contributed by atoms with Crippen molar-refractivity contribution < 1.29 is 14.6 Å². The monoisotopic (exact) mass is 248 g/mol. The van der Waals surface area contributed by atoms with Crippen molar-refractivity contribution in [3.8, 4) is 0 Å². The van der Waals surface area contributed by atoms with Crippen LogP contribution >= 0.6 is 0 Å². The average Bonchev–Trinajstić information content (AvgIpc) is 2.40. The lowest BCUT2D eigenvalue weighted by Crippen LogP contribution is -2.36. The van der Waals surface area contributed by atoms with E-state index in [0.29, 0.717) is 0 Å². The van der Waals surface area contributed by atoms with Gasteiger partial charge in [-0.1, -0.05) is 12.2 Å². The Hall–Kier alpha value is -1.88. The van der Waals surface area contributed by atoms with Gasteiger partial charge in [0.25, 0.3) is 0 Å². The molecule has 0 atom stereocenters. The minimum absolute atomic E-state index is 0.0330. The smallest absolute Gasteiger partial charge is 0.307 e. The van der Waals surface area contributed by atoms with Gasteiger partial charge in [-0.2, -0.15) is 0 Å². The molecule has 1 aromatic rings. The Morgan fingerprint density at radius 3 is 2.83 bits per heavy atom. The number of rotatable bonds is 4. The Labute approximate surface area is 106 Å². The number of nitrogens with zero attached hydrogens (tertiary/aromatic N) is 2. The van der Waals surface area contributed by atoms with Gasteiger partial charge in [-0.3, -0.25) is 4.79 Å². The number of aromatic nitrogens is 1. The normalized spacial score (nSPS) is 16.1. The number of aliphatic carboxylic acids is 1. The number of hydrogen-bond donors (Lipinski definition) is 1. The highest BCUT2D eigenvalue weighted by Gasteiger charge is 2.11. The molecule has 0 radical (unpaired) electrons. The van der Waals surface area contributed by atoms with E-state index in [2.05, 4.69) is 9.88 Å². The second-order valence-corrected chi connectivity index (χ2v) is 4.05. The number of anilines is 1. The zero-order chi connectivity index (χ0) is 12.8. The topological polar surface area (TPSA) is 62.7 Å². The number of carboxylic acids is 1. The zero-order valence-corrected chi connectivity index (χ0v) is 10.1. The molecule has 5 heteroatoms. The minimum atomic E-state index is -0.829. The number of carbonyl (C=O) groups is 1. The quantitative estimate of drug-likeness (QED) is 0.872. The molecular formula is C13H16N2O3. The van der Waals surface area contributed by atoms with Gasteiger partial charge in [0.2, 0.25) is 0 Å². The Balaban J connectivity index is 1.96. The molecule has 5 nitrogen and oxygen atoms in total. The lowest BCUT2D eigenvalue weighted by molar-refractivity contribution is -0.135. The Kier molecular flexibility index (Phi) is 4.30. The molecule has 18 heavy (non-hydrogen) atoms. The molecule has 2 rings (SSSR count). The van der Waals surface area contributed by atoms with Crippen LogP contribution in [0.4, 0.5) is 5.82 Å². The summed E-state index contributed by atoms with van der Waals surface area (Å²) in [6, 6.07) is 3.89. The predicted molar refractivity (Wildman–Crippen MR) is 68.6 cm³/mol. The first-order valence-corrected chi connectivity index (χ1v) is 5.93. The third-order valence-corrected chi connectivity index (χ3v) is 2.71. The standard InChI is InChI=1S/C13H16N2O3/c16-13(17)3-1-2-11-4-5-12(14-10-11)15-6-8-18-9-7-15/h1-2,4-5,10H,3,6-9H2,(H,16,17)/b2-1+. The molecule has 2 heterocycles. The molecule has 1 aliphatic rings. The van der Waals surface area contributed by atoms with Crippen molar-refractivity contribution in [2.75, 3.05) is 31.2 Å². The molecular weight excluding hydrogens is 232 g/mol. The molecule has 0 amide bonds.